The predicted octanol–water partition coefficient (Wildman–Crippen LogP) is 2.66. The molecule has 5 heteroatoms. The number of carboxylic acid groups (broad SMARTS) is 1. The van der Waals surface area contributed by atoms with Gasteiger partial charge in [-0.1, -0.05) is 0 Å². The fourth-order valence-electron chi connectivity index (χ4n) is 2.70. The summed E-state index contributed by atoms with van der Waals surface area (Å²) in [7, 11) is 1.62. The summed E-state index contributed by atoms with van der Waals surface area (Å²) in [5.74, 6) is -0.269. The normalized spacial score (nSPS) is 13.8. The minimum absolute atomic E-state index is 0.0831. The SMILES string of the molecule is COc1cc2c(cc1-c1cc(C(=O)O)[nH]n1)CCCC2. The molecule has 0 aliphatic heterocycles. The van der Waals surface area contributed by atoms with E-state index in [-0.39, 0.29) is 5.69 Å². The summed E-state index contributed by atoms with van der Waals surface area (Å²) < 4.78 is 5.43. The maximum Gasteiger partial charge on any atom is 0.353 e. The average Bonchev–Trinajstić information content (AvgIpc) is 2.95. The third-order valence-electron chi connectivity index (χ3n) is 3.75. The number of H-pyrrole nitrogens is 1. The smallest absolute Gasteiger partial charge is 0.353 e. The molecular formula is C15H16N2O3. The van der Waals surface area contributed by atoms with Gasteiger partial charge in [0.25, 0.3) is 0 Å². The Morgan fingerprint density at radius 3 is 2.55 bits per heavy atom. The summed E-state index contributed by atoms with van der Waals surface area (Å²) in [4.78, 5) is 10.9. The number of nitrogens with zero attached hydrogens (tertiary/aromatic N) is 1. The number of aromatic amines is 1. The maximum absolute atomic E-state index is 10.9. The second-order valence-electron chi connectivity index (χ2n) is 5.00. The van der Waals surface area contributed by atoms with Crippen LogP contribution in [0.25, 0.3) is 11.3 Å². The third kappa shape index (κ3) is 2.15. The molecule has 0 amide bonds. The minimum atomic E-state index is -1.01. The van der Waals surface area contributed by atoms with E-state index in [4.69, 9.17) is 9.84 Å². The fraction of sp³-hybridized carbons (Fsp3) is 0.333. The van der Waals surface area contributed by atoms with Crippen molar-refractivity contribution >= 4 is 5.97 Å². The van der Waals surface area contributed by atoms with E-state index in [0.717, 1.165) is 24.2 Å². The van der Waals surface area contributed by atoms with Crippen molar-refractivity contribution in [3.8, 4) is 17.0 Å². The first kappa shape index (κ1) is 12.7. The van der Waals surface area contributed by atoms with Gasteiger partial charge in [-0.15, -0.1) is 0 Å². The van der Waals surface area contributed by atoms with Crippen LogP contribution in [-0.4, -0.2) is 28.4 Å². The van der Waals surface area contributed by atoms with Crippen LogP contribution >= 0.6 is 0 Å². The van der Waals surface area contributed by atoms with Gasteiger partial charge in [0, 0.05) is 5.56 Å². The van der Waals surface area contributed by atoms with Crippen molar-refractivity contribution in [2.45, 2.75) is 25.7 Å². The van der Waals surface area contributed by atoms with Crippen LogP contribution in [0.3, 0.4) is 0 Å². The Balaban J connectivity index is 2.08. The summed E-state index contributed by atoms with van der Waals surface area (Å²) in [6.07, 6.45) is 4.54. The van der Waals surface area contributed by atoms with E-state index in [1.54, 1.807) is 7.11 Å². The number of aromatic carboxylic acids is 1. The molecule has 0 radical (unpaired) electrons. The maximum atomic E-state index is 10.9. The average molecular weight is 272 g/mol. The number of carboxylic acids is 1. The molecular weight excluding hydrogens is 256 g/mol. The number of aromatic nitrogens is 2. The number of hydrogen-bond acceptors (Lipinski definition) is 3. The molecule has 1 aromatic carbocycles. The Bertz CT molecular complexity index is 661. The summed E-state index contributed by atoms with van der Waals surface area (Å²) in [6, 6.07) is 5.67. The van der Waals surface area contributed by atoms with Gasteiger partial charge in [0.15, 0.2) is 0 Å². The highest BCUT2D eigenvalue weighted by molar-refractivity contribution is 5.87. The fourth-order valence-corrected chi connectivity index (χ4v) is 2.70. The molecule has 1 aromatic heterocycles. The quantitative estimate of drug-likeness (QED) is 0.900. The highest BCUT2D eigenvalue weighted by Gasteiger charge is 2.17. The monoisotopic (exact) mass is 272 g/mol. The first-order valence-corrected chi connectivity index (χ1v) is 6.68. The van der Waals surface area contributed by atoms with E-state index in [2.05, 4.69) is 22.3 Å². The summed E-state index contributed by atoms with van der Waals surface area (Å²) in [6.45, 7) is 0. The first-order chi connectivity index (χ1) is 9.69. The molecule has 2 N–H and O–H groups in total. The van der Waals surface area contributed by atoms with Gasteiger partial charge < -0.3 is 9.84 Å². The number of rotatable bonds is 3. The molecule has 2 aromatic rings. The Morgan fingerprint density at radius 1 is 1.25 bits per heavy atom. The second kappa shape index (κ2) is 5.00. The van der Waals surface area contributed by atoms with Crippen LogP contribution in [-0.2, 0) is 12.8 Å². The molecule has 5 nitrogen and oxygen atoms in total. The van der Waals surface area contributed by atoms with E-state index >= 15 is 0 Å². The largest absolute Gasteiger partial charge is 0.496 e. The Morgan fingerprint density at radius 2 is 1.95 bits per heavy atom. The van der Waals surface area contributed by atoms with Crippen molar-refractivity contribution in [2.24, 2.45) is 0 Å². The van der Waals surface area contributed by atoms with Crippen molar-refractivity contribution in [3.63, 3.8) is 0 Å². The number of fused-ring (bicyclic) bond motifs is 1. The lowest BCUT2D eigenvalue weighted by Gasteiger charge is -2.18. The lowest BCUT2D eigenvalue weighted by molar-refractivity contribution is 0.0690. The van der Waals surface area contributed by atoms with Gasteiger partial charge in [0.2, 0.25) is 0 Å². The van der Waals surface area contributed by atoms with Crippen LogP contribution in [0.15, 0.2) is 18.2 Å². The molecule has 0 spiro atoms. The zero-order valence-corrected chi connectivity index (χ0v) is 11.3. The van der Waals surface area contributed by atoms with Crippen LogP contribution in [0.4, 0.5) is 0 Å². The van der Waals surface area contributed by atoms with Crippen LogP contribution < -0.4 is 4.74 Å². The zero-order chi connectivity index (χ0) is 14.1. The molecule has 0 fully saturated rings. The summed E-state index contributed by atoms with van der Waals surface area (Å²) >= 11 is 0. The van der Waals surface area contributed by atoms with Crippen molar-refractivity contribution in [1.29, 1.82) is 0 Å². The van der Waals surface area contributed by atoms with E-state index in [1.165, 1.54) is 30.0 Å². The summed E-state index contributed by atoms with van der Waals surface area (Å²) in [5.41, 5.74) is 4.17. The molecule has 0 saturated heterocycles. The third-order valence-corrected chi connectivity index (χ3v) is 3.75. The van der Waals surface area contributed by atoms with Crippen molar-refractivity contribution in [1.82, 2.24) is 10.2 Å². The van der Waals surface area contributed by atoms with Crippen LogP contribution in [0.2, 0.25) is 0 Å². The number of methoxy groups -OCH3 is 1. The minimum Gasteiger partial charge on any atom is -0.496 e. The number of aryl methyl sites for hydroxylation is 2. The Labute approximate surface area is 116 Å². The molecule has 0 saturated carbocycles. The molecule has 1 aliphatic rings. The molecule has 0 bridgehead atoms. The lowest BCUT2D eigenvalue weighted by Crippen LogP contribution is -2.04. The van der Waals surface area contributed by atoms with Gasteiger partial charge in [0.1, 0.15) is 11.4 Å². The highest BCUT2D eigenvalue weighted by Crippen LogP contribution is 2.35. The molecule has 0 unspecified atom stereocenters. The predicted molar refractivity (Wildman–Crippen MR) is 74.2 cm³/mol. The van der Waals surface area contributed by atoms with E-state index < -0.39 is 5.97 Å². The highest BCUT2D eigenvalue weighted by atomic mass is 16.5. The molecule has 1 heterocycles. The standard InChI is InChI=1S/C15H16N2O3/c1-20-14-7-10-5-3-2-4-9(10)6-11(14)12-8-13(15(18)19)17-16-12/h6-8H,2-5H2,1H3,(H,16,17)(H,18,19). The van der Waals surface area contributed by atoms with Gasteiger partial charge in [-0.25, -0.2) is 4.79 Å². The number of nitrogens with one attached hydrogen (secondary N) is 1. The van der Waals surface area contributed by atoms with E-state index in [9.17, 15) is 4.79 Å². The van der Waals surface area contributed by atoms with Crippen molar-refractivity contribution in [2.75, 3.05) is 7.11 Å². The molecule has 0 atom stereocenters. The van der Waals surface area contributed by atoms with E-state index in [1.807, 2.05) is 0 Å². The van der Waals surface area contributed by atoms with Crippen molar-refractivity contribution in [3.05, 3.63) is 35.0 Å². The zero-order valence-electron chi connectivity index (χ0n) is 11.3. The van der Waals surface area contributed by atoms with Gasteiger partial charge in [-0.3, -0.25) is 5.10 Å². The summed E-state index contributed by atoms with van der Waals surface area (Å²) in [5, 5.41) is 15.6. The van der Waals surface area contributed by atoms with Crippen molar-refractivity contribution < 1.29 is 14.6 Å². The first-order valence-electron chi connectivity index (χ1n) is 6.68. The number of benzene rings is 1. The van der Waals surface area contributed by atoms with Crippen LogP contribution in [0, 0.1) is 0 Å². The number of ether oxygens (including phenoxy) is 1. The Kier molecular flexibility index (Phi) is 3.18. The van der Waals surface area contributed by atoms with Gasteiger partial charge in [0.05, 0.1) is 12.8 Å². The lowest BCUT2D eigenvalue weighted by atomic mass is 9.89. The molecule has 1 aliphatic carbocycles. The topological polar surface area (TPSA) is 75.2 Å². The van der Waals surface area contributed by atoms with Gasteiger partial charge in [-0.2, -0.15) is 5.10 Å². The van der Waals surface area contributed by atoms with Gasteiger partial charge in [-0.05, 0) is 55.0 Å². The molecule has 104 valence electrons. The molecule has 3 rings (SSSR count). The Hall–Kier alpha value is -2.30. The number of hydrogen-bond donors (Lipinski definition) is 2. The second-order valence-corrected chi connectivity index (χ2v) is 5.00. The van der Waals surface area contributed by atoms with Crippen LogP contribution in [0.5, 0.6) is 5.75 Å². The number of carbonyl (C=O) groups is 1. The van der Waals surface area contributed by atoms with Crippen LogP contribution in [0.1, 0.15) is 34.5 Å². The van der Waals surface area contributed by atoms with Gasteiger partial charge >= 0.3 is 5.97 Å². The molecule has 20 heavy (non-hydrogen) atoms. The van der Waals surface area contributed by atoms with E-state index in [0.29, 0.717) is 5.69 Å².